The monoisotopic (exact) mass is 280 g/mol. The summed E-state index contributed by atoms with van der Waals surface area (Å²) in [5.74, 6) is -3.73. The molecule has 0 fully saturated rings. The molecule has 0 bridgehead atoms. The van der Waals surface area contributed by atoms with Crippen molar-refractivity contribution in [3.05, 3.63) is 35.4 Å². The van der Waals surface area contributed by atoms with Gasteiger partial charge in [0.2, 0.25) is 0 Å². The average Bonchev–Trinajstić information content (AvgIpc) is 2.27. The van der Waals surface area contributed by atoms with E-state index in [4.69, 9.17) is 0 Å². The molecule has 0 aromatic heterocycles. The van der Waals surface area contributed by atoms with Crippen molar-refractivity contribution >= 4 is 6.29 Å². The van der Waals surface area contributed by atoms with Crippen LogP contribution in [0.15, 0.2) is 18.2 Å². The Kier molecular flexibility index (Phi) is 4.32. The van der Waals surface area contributed by atoms with Crippen molar-refractivity contribution in [3.8, 4) is 0 Å². The molecule has 1 unspecified atom stereocenters. The first-order valence-electron chi connectivity index (χ1n) is 5.55. The molecule has 0 aliphatic carbocycles. The van der Waals surface area contributed by atoms with Gasteiger partial charge in [0.15, 0.2) is 0 Å². The van der Waals surface area contributed by atoms with Crippen LogP contribution in [0.4, 0.5) is 22.0 Å². The van der Waals surface area contributed by atoms with Gasteiger partial charge in [-0.3, -0.25) is 0 Å². The van der Waals surface area contributed by atoms with E-state index in [0.717, 1.165) is 18.2 Å². The zero-order valence-electron chi connectivity index (χ0n) is 10.4. The van der Waals surface area contributed by atoms with E-state index in [1.165, 1.54) is 13.8 Å². The summed E-state index contributed by atoms with van der Waals surface area (Å²) in [6, 6.07) is 2.60. The summed E-state index contributed by atoms with van der Waals surface area (Å²) >= 11 is 0. The van der Waals surface area contributed by atoms with Crippen molar-refractivity contribution in [1.82, 2.24) is 0 Å². The largest absolute Gasteiger partial charge is 0.398 e. The van der Waals surface area contributed by atoms with Gasteiger partial charge < -0.3 is 4.79 Å². The quantitative estimate of drug-likeness (QED) is 0.601. The van der Waals surface area contributed by atoms with Gasteiger partial charge >= 0.3 is 6.18 Å². The lowest BCUT2D eigenvalue weighted by Gasteiger charge is -2.29. The van der Waals surface area contributed by atoms with Gasteiger partial charge in [-0.2, -0.15) is 13.2 Å². The Hall–Kier alpha value is -1.46. The highest BCUT2D eigenvalue weighted by Crippen LogP contribution is 2.38. The fourth-order valence-corrected chi connectivity index (χ4v) is 1.92. The third-order valence-corrected chi connectivity index (χ3v) is 2.97. The minimum absolute atomic E-state index is 0.177. The molecule has 0 saturated carbocycles. The number of hydrogen-bond acceptors (Lipinski definition) is 1. The zero-order valence-corrected chi connectivity index (χ0v) is 10.4. The molecular weight excluding hydrogens is 267 g/mol. The van der Waals surface area contributed by atoms with Crippen LogP contribution in [0.3, 0.4) is 0 Å². The van der Waals surface area contributed by atoms with Crippen molar-refractivity contribution in [3.63, 3.8) is 0 Å². The Morgan fingerprint density at radius 3 is 2.26 bits per heavy atom. The smallest absolute Gasteiger partial charge is 0.303 e. The molecule has 6 heteroatoms. The molecule has 0 heterocycles. The predicted molar refractivity (Wildman–Crippen MR) is 59.6 cm³/mol. The second kappa shape index (κ2) is 5.27. The SMILES string of the molecule is CC(C)(CC(C=O)C(F)(F)F)c1cc(F)ccc1F. The molecule has 106 valence electrons. The first kappa shape index (κ1) is 15.6. The summed E-state index contributed by atoms with van der Waals surface area (Å²) in [5.41, 5.74) is -1.49. The molecule has 0 radical (unpaired) electrons. The number of carbonyl (C=O) groups is 1. The van der Waals surface area contributed by atoms with E-state index in [2.05, 4.69) is 0 Å². The van der Waals surface area contributed by atoms with Gasteiger partial charge in [0, 0.05) is 0 Å². The fraction of sp³-hybridized carbons (Fsp3) is 0.462. The van der Waals surface area contributed by atoms with Gasteiger partial charge in [0.05, 0.1) is 0 Å². The third-order valence-electron chi connectivity index (χ3n) is 2.97. The first-order valence-corrected chi connectivity index (χ1v) is 5.55. The van der Waals surface area contributed by atoms with Crippen molar-refractivity contribution in [2.75, 3.05) is 0 Å². The van der Waals surface area contributed by atoms with Gasteiger partial charge in [-0.1, -0.05) is 13.8 Å². The maximum atomic E-state index is 13.6. The van der Waals surface area contributed by atoms with Gasteiger partial charge in [-0.25, -0.2) is 8.78 Å². The molecule has 1 rings (SSSR count). The molecule has 1 aromatic rings. The van der Waals surface area contributed by atoms with Crippen LogP contribution in [0.5, 0.6) is 0 Å². The summed E-state index contributed by atoms with van der Waals surface area (Å²) in [4.78, 5) is 10.5. The van der Waals surface area contributed by atoms with Crippen molar-refractivity contribution in [2.24, 2.45) is 5.92 Å². The summed E-state index contributed by atoms with van der Waals surface area (Å²) in [6.07, 6.45) is -5.54. The number of alkyl halides is 3. The summed E-state index contributed by atoms with van der Waals surface area (Å²) in [7, 11) is 0. The maximum Gasteiger partial charge on any atom is 0.398 e. The number of hydrogen-bond donors (Lipinski definition) is 0. The lowest BCUT2D eigenvalue weighted by Crippen LogP contribution is -2.32. The molecule has 1 aromatic carbocycles. The molecule has 0 amide bonds. The van der Waals surface area contributed by atoms with Gasteiger partial charge in [0.1, 0.15) is 23.8 Å². The van der Waals surface area contributed by atoms with Gasteiger partial charge in [-0.15, -0.1) is 0 Å². The Balaban J connectivity index is 3.10. The van der Waals surface area contributed by atoms with E-state index >= 15 is 0 Å². The van der Waals surface area contributed by atoms with Gasteiger partial charge in [0.25, 0.3) is 0 Å². The first-order chi connectivity index (χ1) is 8.58. The lowest BCUT2D eigenvalue weighted by atomic mass is 9.77. The molecule has 1 atom stereocenters. The highest BCUT2D eigenvalue weighted by molar-refractivity contribution is 5.55. The molecule has 1 nitrogen and oxygen atoms in total. The second-order valence-electron chi connectivity index (χ2n) is 5.00. The number of benzene rings is 1. The van der Waals surface area contributed by atoms with Crippen LogP contribution in [0, 0.1) is 17.6 Å². The highest BCUT2D eigenvalue weighted by atomic mass is 19.4. The zero-order chi connectivity index (χ0) is 14.8. The van der Waals surface area contributed by atoms with Crippen LogP contribution in [-0.2, 0) is 10.2 Å². The summed E-state index contributed by atoms with van der Waals surface area (Å²) < 4.78 is 64.3. The second-order valence-corrected chi connectivity index (χ2v) is 5.00. The van der Waals surface area contributed by atoms with E-state index in [0.29, 0.717) is 0 Å². The van der Waals surface area contributed by atoms with Crippen LogP contribution in [0.25, 0.3) is 0 Å². The number of halogens is 5. The van der Waals surface area contributed by atoms with Crippen LogP contribution >= 0.6 is 0 Å². The van der Waals surface area contributed by atoms with Crippen LogP contribution < -0.4 is 0 Å². The summed E-state index contributed by atoms with van der Waals surface area (Å²) in [5, 5.41) is 0. The normalized spacial score (nSPS) is 14.3. The summed E-state index contributed by atoms with van der Waals surface area (Å²) in [6.45, 7) is 2.68. The number of rotatable bonds is 4. The van der Waals surface area contributed by atoms with Gasteiger partial charge in [-0.05, 0) is 35.6 Å². The van der Waals surface area contributed by atoms with E-state index < -0.39 is 35.6 Å². The predicted octanol–water partition coefficient (Wildman–Crippen LogP) is 4.01. The Morgan fingerprint density at radius 1 is 1.21 bits per heavy atom. The third kappa shape index (κ3) is 3.75. The fourth-order valence-electron chi connectivity index (χ4n) is 1.92. The molecule has 0 aliphatic rings. The van der Waals surface area contributed by atoms with Crippen molar-refractivity contribution in [1.29, 1.82) is 0 Å². The molecule has 0 saturated heterocycles. The highest BCUT2D eigenvalue weighted by Gasteiger charge is 2.43. The van der Waals surface area contributed by atoms with E-state index in [1.807, 2.05) is 0 Å². The molecule has 0 spiro atoms. The van der Waals surface area contributed by atoms with Crippen LogP contribution in [-0.4, -0.2) is 12.5 Å². The molecular formula is C13H13F5O. The molecule has 0 aliphatic heterocycles. The number of carbonyl (C=O) groups excluding carboxylic acids is 1. The van der Waals surface area contributed by atoms with E-state index in [9.17, 15) is 26.7 Å². The lowest BCUT2D eigenvalue weighted by molar-refractivity contribution is -0.178. The van der Waals surface area contributed by atoms with Crippen LogP contribution in [0.1, 0.15) is 25.8 Å². The maximum absolute atomic E-state index is 13.6. The van der Waals surface area contributed by atoms with E-state index in [1.54, 1.807) is 0 Å². The Labute approximate surface area is 107 Å². The molecule has 19 heavy (non-hydrogen) atoms. The Morgan fingerprint density at radius 2 is 1.79 bits per heavy atom. The number of aldehydes is 1. The standard InChI is InChI=1S/C13H13F5O/c1-12(2,6-8(7-19)13(16,17)18)10-5-9(14)3-4-11(10)15/h3-5,7-8H,6H2,1-2H3. The average molecular weight is 280 g/mol. The van der Waals surface area contributed by atoms with Crippen LogP contribution in [0.2, 0.25) is 0 Å². The molecule has 0 N–H and O–H groups in total. The van der Waals surface area contributed by atoms with E-state index in [-0.39, 0.29) is 11.8 Å². The van der Waals surface area contributed by atoms with Crippen molar-refractivity contribution in [2.45, 2.75) is 31.9 Å². The minimum atomic E-state index is -4.69. The minimum Gasteiger partial charge on any atom is -0.303 e. The Bertz CT molecular complexity index is 465. The van der Waals surface area contributed by atoms with Crippen molar-refractivity contribution < 1.29 is 26.7 Å². The topological polar surface area (TPSA) is 17.1 Å².